The van der Waals surface area contributed by atoms with Crippen LogP contribution in [0.2, 0.25) is 0 Å². The Balaban J connectivity index is 2.03. The maximum Gasteiger partial charge on any atom is 0.309 e. The number of esters is 1. The Morgan fingerprint density at radius 1 is 1.05 bits per heavy atom. The van der Waals surface area contributed by atoms with Gasteiger partial charge in [0.25, 0.3) is 0 Å². The van der Waals surface area contributed by atoms with Gasteiger partial charge in [-0.05, 0) is 28.8 Å². The van der Waals surface area contributed by atoms with Crippen molar-refractivity contribution in [3.05, 3.63) is 65.2 Å². The molecule has 2 rings (SSSR count). The molecule has 0 aliphatic rings. The van der Waals surface area contributed by atoms with Gasteiger partial charge in [-0.2, -0.15) is 0 Å². The van der Waals surface area contributed by atoms with E-state index < -0.39 is 0 Å². The van der Waals surface area contributed by atoms with Crippen LogP contribution in [-0.4, -0.2) is 13.1 Å². The van der Waals surface area contributed by atoms with Gasteiger partial charge < -0.3 is 15.2 Å². The second-order valence-electron chi connectivity index (χ2n) is 4.66. The van der Waals surface area contributed by atoms with E-state index in [4.69, 9.17) is 15.2 Å². The van der Waals surface area contributed by atoms with Crippen molar-refractivity contribution in [3.63, 3.8) is 0 Å². The highest BCUT2D eigenvalue weighted by Crippen LogP contribution is 2.16. The minimum Gasteiger partial charge on any atom is -0.489 e. The van der Waals surface area contributed by atoms with Crippen LogP contribution in [0.5, 0.6) is 5.75 Å². The molecule has 0 fully saturated rings. The summed E-state index contributed by atoms with van der Waals surface area (Å²) in [6.45, 7) is 0.928. The summed E-state index contributed by atoms with van der Waals surface area (Å²) in [5.41, 5.74) is 8.52. The second-order valence-corrected chi connectivity index (χ2v) is 4.66. The lowest BCUT2D eigenvalue weighted by Crippen LogP contribution is -2.08. The van der Waals surface area contributed by atoms with Crippen LogP contribution in [0.1, 0.15) is 16.7 Å². The molecule has 0 heterocycles. The molecule has 0 radical (unpaired) electrons. The largest absolute Gasteiger partial charge is 0.489 e. The summed E-state index contributed by atoms with van der Waals surface area (Å²) in [7, 11) is 1.39. The molecule has 0 unspecified atom stereocenters. The fraction of sp³-hybridized carbons (Fsp3) is 0.235. The lowest BCUT2D eigenvalue weighted by Gasteiger charge is -2.11. The topological polar surface area (TPSA) is 61.5 Å². The summed E-state index contributed by atoms with van der Waals surface area (Å²) >= 11 is 0. The predicted octanol–water partition coefficient (Wildman–Crippen LogP) is 2.44. The minimum atomic E-state index is -0.255. The smallest absolute Gasteiger partial charge is 0.309 e. The molecule has 0 amide bonds. The van der Waals surface area contributed by atoms with Crippen molar-refractivity contribution >= 4 is 5.97 Å². The molecule has 0 saturated carbocycles. The van der Waals surface area contributed by atoms with Crippen molar-refractivity contribution in [2.45, 2.75) is 19.6 Å². The van der Waals surface area contributed by atoms with Gasteiger partial charge in [-0.3, -0.25) is 4.79 Å². The molecule has 4 heteroatoms. The van der Waals surface area contributed by atoms with Crippen molar-refractivity contribution in [2.24, 2.45) is 5.73 Å². The molecule has 2 aromatic rings. The van der Waals surface area contributed by atoms with Crippen molar-refractivity contribution in [2.75, 3.05) is 7.11 Å². The quantitative estimate of drug-likeness (QED) is 0.828. The molecule has 0 aliphatic heterocycles. The molecule has 0 aliphatic carbocycles. The normalized spacial score (nSPS) is 10.2. The lowest BCUT2D eigenvalue weighted by atomic mass is 10.1. The third-order valence-electron chi connectivity index (χ3n) is 3.23. The van der Waals surface area contributed by atoms with Gasteiger partial charge in [0, 0.05) is 6.54 Å². The first kappa shape index (κ1) is 15.1. The monoisotopic (exact) mass is 285 g/mol. The second kappa shape index (κ2) is 7.45. The van der Waals surface area contributed by atoms with Gasteiger partial charge in [0.05, 0.1) is 13.5 Å². The molecule has 4 nitrogen and oxygen atoms in total. The molecule has 0 saturated heterocycles. The summed E-state index contributed by atoms with van der Waals surface area (Å²) in [5.74, 6) is 0.523. The summed E-state index contributed by atoms with van der Waals surface area (Å²) in [5, 5.41) is 0. The number of rotatable bonds is 6. The van der Waals surface area contributed by atoms with E-state index in [1.165, 1.54) is 7.11 Å². The number of benzene rings is 2. The molecule has 0 atom stereocenters. The summed E-state index contributed by atoms with van der Waals surface area (Å²) < 4.78 is 10.5. The van der Waals surface area contributed by atoms with E-state index in [0.29, 0.717) is 13.2 Å². The summed E-state index contributed by atoms with van der Waals surface area (Å²) in [6, 6.07) is 15.4. The number of carbonyl (C=O) groups excluding carboxylic acids is 1. The third-order valence-corrected chi connectivity index (χ3v) is 3.23. The Kier molecular flexibility index (Phi) is 5.35. The van der Waals surface area contributed by atoms with Gasteiger partial charge in [0.1, 0.15) is 12.4 Å². The Morgan fingerprint density at radius 3 is 2.33 bits per heavy atom. The first-order valence-corrected chi connectivity index (χ1v) is 6.78. The molecule has 0 aromatic heterocycles. The summed E-state index contributed by atoms with van der Waals surface area (Å²) in [4.78, 5) is 11.4. The molecule has 0 bridgehead atoms. The van der Waals surface area contributed by atoms with E-state index in [0.717, 1.165) is 22.4 Å². The number of hydrogen-bond acceptors (Lipinski definition) is 4. The highest BCUT2D eigenvalue weighted by Gasteiger charge is 2.08. The van der Waals surface area contributed by atoms with Crippen molar-refractivity contribution in [1.82, 2.24) is 0 Å². The maximum absolute atomic E-state index is 11.4. The van der Waals surface area contributed by atoms with Crippen LogP contribution >= 0.6 is 0 Å². The molecule has 0 spiro atoms. The highest BCUT2D eigenvalue weighted by atomic mass is 16.5. The third kappa shape index (κ3) is 4.33. The first-order chi connectivity index (χ1) is 10.2. The van der Waals surface area contributed by atoms with Gasteiger partial charge in [0.2, 0.25) is 0 Å². The Bertz CT molecular complexity index is 593. The summed E-state index contributed by atoms with van der Waals surface area (Å²) in [6.07, 6.45) is 0.252. The minimum absolute atomic E-state index is 0.252. The van der Waals surface area contributed by atoms with Gasteiger partial charge in [0.15, 0.2) is 0 Å². The molecular weight excluding hydrogens is 266 g/mol. The van der Waals surface area contributed by atoms with Gasteiger partial charge >= 0.3 is 5.97 Å². The first-order valence-electron chi connectivity index (χ1n) is 6.78. The number of methoxy groups -OCH3 is 1. The molecule has 2 N–H and O–H groups in total. The fourth-order valence-corrected chi connectivity index (χ4v) is 1.98. The van der Waals surface area contributed by atoms with E-state index in [1.807, 2.05) is 48.5 Å². The molecular formula is C17H19NO3. The van der Waals surface area contributed by atoms with Crippen LogP contribution in [-0.2, 0) is 29.1 Å². The van der Waals surface area contributed by atoms with E-state index >= 15 is 0 Å². The van der Waals surface area contributed by atoms with Crippen LogP contribution in [0.3, 0.4) is 0 Å². The van der Waals surface area contributed by atoms with Crippen LogP contribution < -0.4 is 10.5 Å². The number of carbonyl (C=O) groups is 1. The van der Waals surface area contributed by atoms with E-state index in [-0.39, 0.29) is 12.4 Å². The number of ether oxygens (including phenoxy) is 2. The Hall–Kier alpha value is -2.33. The highest BCUT2D eigenvalue weighted by molar-refractivity contribution is 5.72. The van der Waals surface area contributed by atoms with Crippen LogP contribution in [0.4, 0.5) is 0 Å². The van der Waals surface area contributed by atoms with Gasteiger partial charge in [-0.1, -0.05) is 36.4 Å². The van der Waals surface area contributed by atoms with Crippen LogP contribution in [0, 0.1) is 0 Å². The van der Waals surface area contributed by atoms with E-state index in [2.05, 4.69) is 0 Å². The average molecular weight is 285 g/mol. The zero-order valence-electron chi connectivity index (χ0n) is 12.0. The zero-order chi connectivity index (χ0) is 15.1. The van der Waals surface area contributed by atoms with Gasteiger partial charge in [-0.25, -0.2) is 0 Å². The van der Waals surface area contributed by atoms with E-state index in [9.17, 15) is 4.79 Å². The fourth-order valence-electron chi connectivity index (χ4n) is 1.98. The predicted molar refractivity (Wildman–Crippen MR) is 80.8 cm³/mol. The number of nitrogens with two attached hydrogens (primary N) is 1. The molecule has 110 valence electrons. The average Bonchev–Trinajstić information content (AvgIpc) is 2.54. The van der Waals surface area contributed by atoms with Crippen LogP contribution in [0.15, 0.2) is 48.5 Å². The molecule has 21 heavy (non-hydrogen) atoms. The zero-order valence-corrected chi connectivity index (χ0v) is 12.0. The van der Waals surface area contributed by atoms with Crippen molar-refractivity contribution in [3.8, 4) is 5.75 Å². The Labute approximate surface area is 124 Å². The van der Waals surface area contributed by atoms with Crippen LogP contribution in [0.25, 0.3) is 0 Å². The SMILES string of the molecule is COC(=O)Cc1ccccc1COc1ccc(CN)cc1. The van der Waals surface area contributed by atoms with Gasteiger partial charge in [-0.15, -0.1) is 0 Å². The van der Waals surface area contributed by atoms with Crippen molar-refractivity contribution < 1.29 is 14.3 Å². The lowest BCUT2D eigenvalue weighted by molar-refractivity contribution is -0.139. The van der Waals surface area contributed by atoms with Crippen molar-refractivity contribution in [1.29, 1.82) is 0 Å². The van der Waals surface area contributed by atoms with E-state index in [1.54, 1.807) is 0 Å². The number of hydrogen-bond donors (Lipinski definition) is 1. The Morgan fingerprint density at radius 2 is 1.71 bits per heavy atom. The maximum atomic E-state index is 11.4. The molecule has 2 aromatic carbocycles. The standard InChI is InChI=1S/C17H19NO3/c1-20-17(19)10-14-4-2-3-5-15(14)12-21-16-8-6-13(11-18)7-9-16/h2-9H,10-12,18H2,1H3.